The summed E-state index contributed by atoms with van der Waals surface area (Å²) in [6, 6.07) is 3.78. The maximum Gasteiger partial charge on any atom is 0.152 e. The van der Waals surface area contributed by atoms with Crippen LogP contribution in [0.2, 0.25) is 0 Å². The molecule has 1 fully saturated rings. The number of nitrogen functional groups attached to an aromatic ring is 1. The van der Waals surface area contributed by atoms with Crippen molar-refractivity contribution in [1.82, 2.24) is 4.98 Å². The van der Waals surface area contributed by atoms with E-state index in [4.69, 9.17) is 5.73 Å². The smallest absolute Gasteiger partial charge is 0.152 e. The van der Waals surface area contributed by atoms with Crippen molar-refractivity contribution in [3.63, 3.8) is 0 Å². The van der Waals surface area contributed by atoms with E-state index in [0.717, 1.165) is 30.9 Å². The highest BCUT2D eigenvalue weighted by atomic mass is 16.3. The number of rotatable bonds is 1. The van der Waals surface area contributed by atoms with E-state index in [9.17, 15) is 5.11 Å². The average molecular weight is 207 g/mol. The number of nitrogens with zero attached hydrogens (tertiary/aromatic N) is 2. The fourth-order valence-corrected chi connectivity index (χ4v) is 1.95. The molecule has 1 aromatic rings. The summed E-state index contributed by atoms with van der Waals surface area (Å²) in [7, 11) is 0. The molecule has 0 aromatic carbocycles. The van der Waals surface area contributed by atoms with Crippen LogP contribution in [-0.2, 0) is 0 Å². The van der Waals surface area contributed by atoms with Crippen molar-refractivity contribution in [1.29, 1.82) is 0 Å². The average Bonchev–Trinajstić information content (AvgIpc) is 2.22. The summed E-state index contributed by atoms with van der Waals surface area (Å²) >= 11 is 0. The molecule has 4 heteroatoms. The van der Waals surface area contributed by atoms with Crippen LogP contribution in [0.4, 0.5) is 11.5 Å². The van der Waals surface area contributed by atoms with Gasteiger partial charge in [-0.15, -0.1) is 0 Å². The summed E-state index contributed by atoms with van der Waals surface area (Å²) in [5, 5.41) is 9.59. The van der Waals surface area contributed by atoms with E-state index >= 15 is 0 Å². The van der Waals surface area contributed by atoms with E-state index in [0.29, 0.717) is 12.2 Å². The van der Waals surface area contributed by atoms with Gasteiger partial charge in [-0.3, -0.25) is 0 Å². The van der Waals surface area contributed by atoms with E-state index in [1.54, 1.807) is 0 Å². The van der Waals surface area contributed by atoms with Crippen LogP contribution in [0.1, 0.15) is 18.5 Å². The van der Waals surface area contributed by atoms with E-state index in [1.165, 1.54) is 0 Å². The van der Waals surface area contributed by atoms with Crippen molar-refractivity contribution in [3.05, 3.63) is 17.8 Å². The third-order valence-corrected chi connectivity index (χ3v) is 2.74. The molecule has 0 aliphatic carbocycles. The highest BCUT2D eigenvalue weighted by molar-refractivity contribution is 5.63. The molecule has 4 nitrogen and oxygen atoms in total. The SMILES string of the molecule is Cc1ccc(N)c(N2CCCC(O)C2)n1. The third-order valence-electron chi connectivity index (χ3n) is 2.74. The van der Waals surface area contributed by atoms with Crippen molar-refractivity contribution in [2.24, 2.45) is 0 Å². The molecule has 1 aliphatic heterocycles. The molecule has 0 bridgehead atoms. The maximum atomic E-state index is 9.59. The number of anilines is 2. The topological polar surface area (TPSA) is 62.4 Å². The van der Waals surface area contributed by atoms with Crippen LogP contribution >= 0.6 is 0 Å². The fraction of sp³-hybridized carbons (Fsp3) is 0.545. The van der Waals surface area contributed by atoms with Gasteiger partial charge in [0.05, 0.1) is 11.8 Å². The molecule has 82 valence electrons. The Labute approximate surface area is 89.7 Å². The molecular weight excluding hydrogens is 190 g/mol. The van der Waals surface area contributed by atoms with Crippen LogP contribution in [0.3, 0.4) is 0 Å². The molecule has 0 radical (unpaired) electrons. The highest BCUT2D eigenvalue weighted by Crippen LogP contribution is 2.24. The van der Waals surface area contributed by atoms with Crippen molar-refractivity contribution < 1.29 is 5.11 Å². The molecule has 3 N–H and O–H groups in total. The van der Waals surface area contributed by atoms with Crippen LogP contribution in [0, 0.1) is 6.92 Å². The van der Waals surface area contributed by atoms with Gasteiger partial charge in [-0.1, -0.05) is 0 Å². The van der Waals surface area contributed by atoms with Gasteiger partial charge >= 0.3 is 0 Å². The summed E-state index contributed by atoms with van der Waals surface area (Å²) in [6.07, 6.45) is 1.62. The number of aromatic nitrogens is 1. The summed E-state index contributed by atoms with van der Waals surface area (Å²) in [5.74, 6) is 0.814. The van der Waals surface area contributed by atoms with Gasteiger partial charge in [-0.25, -0.2) is 4.98 Å². The number of hydrogen-bond donors (Lipinski definition) is 2. The number of nitrogens with two attached hydrogens (primary N) is 1. The van der Waals surface area contributed by atoms with Crippen molar-refractivity contribution >= 4 is 11.5 Å². The Morgan fingerprint density at radius 3 is 3.07 bits per heavy atom. The minimum Gasteiger partial charge on any atom is -0.396 e. The summed E-state index contributed by atoms with van der Waals surface area (Å²) in [4.78, 5) is 6.49. The van der Waals surface area contributed by atoms with Crippen LogP contribution in [0.25, 0.3) is 0 Å². The Bertz CT molecular complexity index is 354. The first kappa shape index (κ1) is 10.2. The number of aryl methyl sites for hydroxylation is 1. The molecular formula is C11H17N3O. The van der Waals surface area contributed by atoms with Crippen molar-refractivity contribution in [3.8, 4) is 0 Å². The predicted molar refractivity (Wildman–Crippen MR) is 60.8 cm³/mol. The van der Waals surface area contributed by atoms with E-state index < -0.39 is 0 Å². The second-order valence-corrected chi connectivity index (χ2v) is 4.11. The fourth-order valence-electron chi connectivity index (χ4n) is 1.95. The number of piperidine rings is 1. The van der Waals surface area contributed by atoms with Crippen LogP contribution in [0.15, 0.2) is 12.1 Å². The van der Waals surface area contributed by atoms with Gasteiger partial charge in [0.2, 0.25) is 0 Å². The first-order chi connectivity index (χ1) is 7.16. The molecule has 15 heavy (non-hydrogen) atoms. The second kappa shape index (κ2) is 4.06. The van der Waals surface area contributed by atoms with E-state index in [1.807, 2.05) is 19.1 Å². The minimum atomic E-state index is -0.250. The van der Waals surface area contributed by atoms with Crippen LogP contribution < -0.4 is 10.6 Å². The molecule has 0 saturated carbocycles. The lowest BCUT2D eigenvalue weighted by Crippen LogP contribution is -2.39. The molecule has 0 amide bonds. The quantitative estimate of drug-likeness (QED) is 0.719. The number of hydrogen-bond acceptors (Lipinski definition) is 4. The maximum absolute atomic E-state index is 9.59. The molecule has 1 unspecified atom stereocenters. The zero-order chi connectivity index (χ0) is 10.8. The molecule has 1 aromatic heterocycles. The lowest BCUT2D eigenvalue weighted by molar-refractivity contribution is 0.154. The number of aliphatic hydroxyl groups is 1. The third kappa shape index (κ3) is 2.21. The Balaban J connectivity index is 2.24. The Morgan fingerprint density at radius 1 is 1.53 bits per heavy atom. The lowest BCUT2D eigenvalue weighted by atomic mass is 10.1. The van der Waals surface area contributed by atoms with Crippen LogP contribution in [-0.4, -0.2) is 29.3 Å². The molecule has 2 heterocycles. The Hall–Kier alpha value is -1.29. The molecule has 1 atom stereocenters. The van der Waals surface area contributed by atoms with Gasteiger partial charge in [0.15, 0.2) is 5.82 Å². The summed E-state index contributed by atoms with van der Waals surface area (Å²) < 4.78 is 0. The van der Waals surface area contributed by atoms with Crippen molar-refractivity contribution in [2.75, 3.05) is 23.7 Å². The van der Waals surface area contributed by atoms with Gasteiger partial charge in [0, 0.05) is 18.8 Å². The number of pyridine rings is 1. The Kier molecular flexibility index (Phi) is 2.77. The molecule has 1 aliphatic rings. The summed E-state index contributed by atoms with van der Waals surface area (Å²) in [6.45, 7) is 3.52. The standard InChI is InChI=1S/C11H17N3O/c1-8-4-5-10(12)11(13-8)14-6-2-3-9(15)7-14/h4-5,9,15H,2-3,6-7,12H2,1H3. The van der Waals surface area contributed by atoms with Crippen molar-refractivity contribution in [2.45, 2.75) is 25.9 Å². The summed E-state index contributed by atoms with van der Waals surface area (Å²) in [5.41, 5.74) is 7.53. The molecule has 0 spiro atoms. The number of β-amino-alcohol motifs (C(OH)–C–C–N with tert-alkyl or cyclic N) is 1. The first-order valence-corrected chi connectivity index (χ1v) is 5.33. The minimum absolute atomic E-state index is 0.250. The zero-order valence-electron chi connectivity index (χ0n) is 8.98. The van der Waals surface area contributed by atoms with E-state index in [-0.39, 0.29) is 6.10 Å². The lowest BCUT2D eigenvalue weighted by Gasteiger charge is -2.31. The Morgan fingerprint density at radius 2 is 2.33 bits per heavy atom. The van der Waals surface area contributed by atoms with Gasteiger partial charge in [0.1, 0.15) is 0 Å². The second-order valence-electron chi connectivity index (χ2n) is 4.11. The first-order valence-electron chi connectivity index (χ1n) is 5.33. The molecule has 2 rings (SSSR count). The normalized spacial score (nSPS) is 21.7. The van der Waals surface area contributed by atoms with Gasteiger partial charge in [0.25, 0.3) is 0 Å². The highest BCUT2D eigenvalue weighted by Gasteiger charge is 2.20. The van der Waals surface area contributed by atoms with Crippen LogP contribution in [0.5, 0.6) is 0 Å². The van der Waals surface area contributed by atoms with Gasteiger partial charge in [-0.2, -0.15) is 0 Å². The van der Waals surface area contributed by atoms with Gasteiger partial charge in [-0.05, 0) is 31.9 Å². The number of aliphatic hydroxyl groups excluding tert-OH is 1. The largest absolute Gasteiger partial charge is 0.396 e. The van der Waals surface area contributed by atoms with E-state index in [2.05, 4.69) is 9.88 Å². The van der Waals surface area contributed by atoms with Gasteiger partial charge < -0.3 is 15.7 Å². The monoisotopic (exact) mass is 207 g/mol. The zero-order valence-corrected chi connectivity index (χ0v) is 8.98. The predicted octanol–water partition coefficient (Wildman–Crippen LogP) is 0.933. The molecule has 1 saturated heterocycles.